The highest BCUT2D eigenvalue weighted by molar-refractivity contribution is 9.13. The molecule has 0 bridgehead atoms. The molecule has 0 amide bonds. The fraction of sp³-hybridized carbons (Fsp3) is 0.300. The second-order valence-electron chi connectivity index (χ2n) is 2.81. The molecule has 1 atom stereocenters. The number of ether oxygens (including phenoxy) is 1. The van der Waals surface area contributed by atoms with Gasteiger partial charge in [0.2, 0.25) is 0 Å². The standard InChI is InChI=1S/C10H9Br2NO2S/c1-3-4-13-8(10(14)15-2)7-5-6(11)9(12)16-7/h1,5,8,13H,4H2,2H3. The second kappa shape index (κ2) is 6.40. The number of thiophene rings is 1. The Morgan fingerprint density at radius 2 is 2.44 bits per heavy atom. The van der Waals surface area contributed by atoms with Crippen molar-refractivity contribution in [3.8, 4) is 12.3 Å². The first-order valence-electron chi connectivity index (χ1n) is 4.29. The smallest absolute Gasteiger partial charge is 0.328 e. The number of nitrogens with one attached hydrogen (secondary N) is 1. The van der Waals surface area contributed by atoms with Crippen LogP contribution in [0.1, 0.15) is 10.9 Å². The Bertz CT molecular complexity index is 405. The molecule has 0 aliphatic carbocycles. The van der Waals surface area contributed by atoms with Crippen molar-refractivity contribution in [2.75, 3.05) is 13.7 Å². The minimum Gasteiger partial charge on any atom is -0.468 e. The van der Waals surface area contributed by atoms with E-state index in [0.717, 1.165) is 13.1 Å². The van der Waals surface area contributed by atoms with Gasteiger partial charge < -0.3 is 4.74 Å². The molecule has 3 nitrogen and oxygen atoms in total. The van der Waals surface area contributed by atoms with E-state index in [1.165, 1.54) is 18.4 Å². The molecule has 1 aromatic rings. The molecule has 1 N–H and O–H groups in total. The number of carbonyl (C=O) groups is 1. The van der Waals surface area contributed by atoms with Crippen LogP contribution < -0.4 is 5.32 Å². The van der Waals surface area contributed by atoms with Crippen LogP contribution >= 0.6 is 43.2 Å². The molecule has 1 heterocycles. The van der Waals surface area contributed by atoms with Crippen LogP contribution in [-0.2, 0) is 9.53 Å². The number of hydrogen-bond acceptors (Lipinski definition) is 4. The number of hydrogen-bond donors (Lipinski definition) is 1. The van der Waals surface area contributed by atoms with E-state index in [9.17, 15) is 4.79 Å². The lowest BCUT2D eigenvalue weighted by atomic mass is 10.2. The SMILES string of the molecule is C#CCNC(C(=O)OC)c1cc(Br)c(Br)s1. The molecule has 0 radical (unpaired) electrons. The van der Waals surface area contributed by atoms with Crippen LogP contribution in [-0.4, -0.2) is 19.6 Å². The number of rotatable bonds is 4. The summed E-state index contributed by atoms with van der Waals surface area (Å²) >= 11 is 8.20. The Morgan fingerprint density at radius 3 is 2.88 bits per heavy atom. The number of carbonyl (C=O) groups excluding carboxylic acids is 1. The van der Waals surface area contributed by atoms with Gasteiger partial charge in [-0.25, -0.2) is 4.79 Å². The summed E-state index contributed by atoms with van der Waals surface area (Å²) < 4.78 is 6.55. The van der Waals surface area contributed by atoms with Crippen molar-refractivity contribution >= 4 is 49.2 Å². The van der Waals surface area contributed by atoms with Crippen molar-refractivity contribution in [1.29, 1.82) is 0 Å². The molecule has 0 aliphatic heterocycles. The lowest BCUT2D eigenvalue weighted by Gasteiger charge is -2.12. The summed E-state index contributed by atoms with van der Waals surface area (Å²) in [6.07, 6.45) is 5.15. The highest BCUT2D eigenvalue weighted by Crippen LogP contribution is 2.35. The molecule has 1 unspecified atom stereocenters. The van der Waals surface area contributed by atoms with Crippen molar-refractivity contribution in [2.24, 2.45) is 0 Å². The third kappa shape index (κ3) is 3.32. The molecule has 0 aromatic carbocycles. The first-order chi connectivity index (χ1) is 7.60. The summed E-state index contributed by atoms with van der Waals surface area (Å²) in [6.45, 7) is 0.312. The van der Waals surface area contributed by atoms with Gasteiger partial charge in [-0.2, -0.15) is 0 Å². The number of methoxy groups -OCH3 is 1. The van der Waals surface area contributed by atoms with E-state index >= 15 is 0 Å². The van der Waals surface area contributed by atoms with E-state index in [0.29, 0.717) is 6.54 Å². The van der Waals surface area contributed by atoms with Crippen LogP contribution in [0.15, 0.2) is 14.3 Å². The molecule has 86 valence electrons. The molecule has 16 heavy (non-hydrogen) atoms. The van der Waals surface area contributed by atoms with Gasteiger partial charge >= 0.3 is 5.97 Å². The molecular formula is C10H9Br2NO2S. The summed E-state index contributed by atoms with van der Waals surface area (Å²) in [5, 5.41) is 2.94. The molecule has 0 fully saturated rings. The summed E-state index contributed by atoms with van der Waals surface area (Å²) in [7, 11) is 1.35. The highest BCUT2D eigenvalue weighted by atomic mass is 79.9. The predicted molar refractivity (Wildman–Crippen MR) is 71.3 cm³/mol. The molecule has 0 spiro atoms. The van der Waals surface area contributed by atoms with Crippen LogP contribution in [0.4, 0.5) is 0 Å². The maximum Gasteiger partial charge on any atom is 0.328 e. The van der Waals surface area contributed by atoms with Gasteiger partial charge in [0, 0.05) is 9.35 Å². The van der Waals surface area contributed by atoms with Crippen molar-refractivity contribution in [2.45, 2.75) is 6.04 Å². The van der Waals surface area contributed by atoms with E-state index < -0.39 is 6.04 Å². The Balaban J connectivity index is 2.92. The third-order valence-electron chi connectivity index (χ3n) is 1.79. The van der Waals surface area contributed by atoms with Crippen LogP contribution in [0, 0.1) is 12.3 Å². The normalized spacial score (nSPS) is 11.9. The van der Waals surface area contributed by atoms with Gasteiger partial charge in [0.25, 0.3) is 0 Å². The van der Waals surface area contributed by atoms with Gasteiger partial charge in [-0.1, -0.05) is 5.92 Å². The Kier molecular flexibility index (Phi) is 5.49. The van der Waals surface area contributed by atoms with Gasteiger partial charge in [0.15, 0.2) is 0 Å². The Morgan fingerprint density at radius 1 is 1.75 bits per heavy atom. The molecule has 1 aromatic heterocycles. The van der Waals surface area contributed by atoms with E-state index in [-0.39, 0.29) is 5.97 Å². The fourth-order valence-electron chi connectivity index (χ4n) is 1.08. The third-order valence-corrected chi connectivity index (χ3v) is 5.11. The second-order valence-corrected chi connectivity index (χ2v) is 6.07. The average Bonchev–Trinajstić information content (AvgIpc) is 2.59. The van der Waals surface area contributed by atoms with Gasteiger partial charge in [-0.15, -0.1) is 17.8 Å². The van der Waals surface area contributed by atoms with Crippen molar-refractivity contribution < 1.29 is 9.53 Å². The van der Waals surface area contributed by atoms with Gasteiger partial charge in [-0.05, 0) is 37.9 Å². The van der Waals surface area contributed by atoms with Crippen LogP contribution in [0.2, 0.25) is 0 Å². The number of esters is 1. The Labute approximate surface area is 115 Å². The van der Waals surface area contributed by atoms with Crippen LogP contribution in [0.5, 0.6) is 0 Å². The quantitative estimate of drug-likeness (QED) is 0.657. The predicted octanol–water partition coefficient (Wildman–Crippen LogP) is 2.71. The Hall–Kier alpha value is -0.350. The van der Waals surface area contributed by atoms with Gasteiger partial charge in [-0.3, -0.25) is 5.32 Å². The molecule has 1 rings (SSSR count). The molecule has 0 saturated heterocycles. The zero-order chi connectivity index (χ0) is 12.1. The van der Waals surface area contributed by atoms with Crippen molar-refractivity contribution in [1.82, 2.24) is 5.32 Å². The van der Waals surface area contributed by atoms with E-state index in [1.54, 1.807) is 0 Å². The van der Waals surface area contributed by atoms with Crippen molar-refractivity contribution in [3.05, 3.63) is 19.2 Å². The molecular weight excluding hydrogens is 358 g/mol. The maximum absolute atomic E-state index is 11.6. The zero-order valence-electron chi connectivity index (χ0n) is 8.42. The lowest BCUT2D eigenvalue weighted by molar-refractivity contribution is -0.143. The number of terminal acetylenes is 1. The first kappa shape index (κ1) is 13.7. The molecule has 0 saturated carbocycles. The van der Waals surface area contributed by atoms with Crippen LogP contribution in [0.3, 0.4) is 0 Å². The molecule has 6 heteroatoms. The van der Waals surface area contributed by atoms with E-state index in [1.807, 2.05) is 6.07 Å². The number of halogens is 2. The minimum absolute atomic E-state index is 0.312. The van der Waals surface area contributed by atoms with Crippen molar-refractivity contribution in [3.63, 3.8) is 0 Å². The van der Waals surface area contributed by atoms with Crippen LogP contribution in [0.25, 0.3) is 0 Å². The largest absolute Gasteiger partial charge is 0.468 e. The summed E-state index contributed by atoms with van der Waals surface area (Å²) in [6, 6.07) is 1.34. The summed E-state index contributed by atoms with van der Waals surface area (Å²) in [4.78, 5) is 12.4. The van der Waals surface area contributed by atoms with Gasteiger partial charge in [0.05, 0.1) is 17.4 Å². The summed E-state index contributed by atoms with van der Waals surface area (Å²) in [5.41, 5.74) is 0. The van der Waals surface area contributed by atoms with Gasteiger partial charge in [0.1, 0.15) is 6.04 Å². The molecule has 0 aliphatic rings. The minimum atomic E-state index is -0.520. The topological polar surface area (TPSA) is 38.3 Å². The lowest BCUT2D eigenvalue weighted by Crippen LogP contribution is -2.29. The average molecular weight is 367 g/mol. The monoisotopic (exact) mass is 365 g/mol. The summed E-state index contributed by atoms with van der Waals surface area (Å²) in [5.74, 6) is 2.08. The van der Waals surface area contributed by atoms with E-state index in [4.69, 9.17) is 11.2 Å². The first-order valence-corrected chi connectivity index (χ1v) is 6.69. The highest BCUT2D eigenvalue weighted by Gasteiger charge is 2.23. The fourth-order valence-corrected chi connectivity index (χ4v) is 3.24. The zero-order valence-corrected chi connectivity index (χ0v) is 12.4. The maximum atomic E-state index is 11.6. The van der Waals surface area contributed by atoms with E-state index in [2.05, 4.69) is 43.1 Å².